The zero-order chi connectivity index (χ0) is 18.1. The van der Waals surface area contributed by atoms with Crippen LogP contribution in [0.15, 0.2) is 58.0 Å². The van der Waals surface area contributed by atoms with E-state index < -0.39 is 5.72 Å². The topological polar surface area (TPSA) is 53.9 Å². The number of rotatable bonds is 2. The Morgan fingerprint density at radius 3 is 2.62 bits per heavy atom. The second-order valence-electron chi connectivity index (χ2n) is 6.78. The number of halogens is 1. The van der Waals surface area contributed by atoms with Crippen molar-refractivity contribution in [3.63, 3.8) is 0 Å². The molecule has 5 nitrogen and oxygen atoms in total. The first kappa shape index (κ1) is 17.2. The highest BCUT2D eigenvalue weighted by Gasteiger charge is 2.41. The minimum Gasteiger partial charge on any atom is -0.338 e. The Morgan fingerprint density at radius 1 is 1.19 bits per heavy atom. The normalized spacial score (nSPS) is 18.5. The molecular weight excluding hydrogens is 394 g/mol. The number of piperidine rings is 1. The standard InChI is InChI=1S/C20H20BrN3O2/c1-14-5-7-15(8-6-14)19(25)24-11-9-20(10-12-24)22-18(23-26-20)16-3-2-4-17(21)13-16/h2-8,13H,9-12H2,1H3,(H,22,23). The van der Waals surface area contributed by atoms with Crippen molar-refractivity contribution in [2.75, 3.05) is 13.1 Å². The monoisotopic (exact) mass is 413 g/mol. The molecule has 1 saturated heterocycles. The van der Waals surface area contributed by atoms with Crippen molar-refractivity contribution in [2.45, 2.75) is 25.5 Å². The summed E-state index contributed by atoms with van der Waals surface area (Å²) in [5.41, 5.74) is 5.25. The Kier molecular flexibility index (Phi) is 4.54. The van der Waals surface area contributed by atoms with Crippen molar-refractivity contribution >= 4 is 27.7 Å². The summed E-state index contributed by atoms with van der Waals surface area (Å²) in [4.78, 5) is 25.2. The molecule has 2 heterocycles. The Bertz CT molecular complexity index is 856. The van der Waals surface area contributed by atoms with Gasteiger partial charge < -0.3 is 4.90 Å². The number of carbonyl (C=O) groups excluding carboxylic acids is 1. The molecule has 0 atom stereocenters. The lowest BCUT2D eigenvalue weighted by Gasteiger charge is -2.35. The molecule has 0 aliphatic carbocycles. The Balaban J connectivity index is 1.45. The largest absolute Gasteiger partial charge is 0.338 e. The van der Waals surface area contributed by atoms with Crippen LogP contribution in [0.5, 0.6) is 0 Å². The van der Waals surface area contributed by atoms with Crippen LogP contribution in [0.4, 0.5) is 0 Å². The van der Waals surface area contributed by atoms with Gasteiger partial charge in [0.1, 0.15) is 0 Å². The van der Waals surface area contributed by atoms with Crippen LogP contribution in [0.2, 0.25) is 0 Å². The number of benzene rings is 2. The summed E-state index contributed by atoms with van der Waals surface area (Å²) in [6, 6.07) is 15.7. The summed E-state index contributed by atoms with van der Waals surface area (Å²) in [7, 11) is 0. The highest BCUT2D eigenvalue weighted by Crippen LogP contribution is 2.32. The van der Waals surface area contributed by atoms with Crippen LogP contribution in [0, 0.1) is 6.92 Å². The minimum absolute atomic E-state index is 0.0713. The summed E-state index contributed by atoms with van der Waals surface area (Å²) < 4.78 is 0.999. The summed E-state index contributed by atoms with van der Waals surface area (Å²) >= 11 is 3.48. The molecule has 1 amide bonds. The Labute approximate surface area is 161 Å². The highest BCUT2D eigenvalue weighted by molar-refractivity contribution is 9.10. The van der Waals surface area contributed by atoms with Crippen molar-refractivity contribution in [3.8, 4) is 0 Å². The first-order valence-corrected chi connectivity index (χ1v) is 9.50. The number of aliphatic imine (C=N–C) groups is 1. The van der Waals surface area contributed by atoms with Crippen molar-refractivity contribution in [1.29, 1.82) is 0 Å². The lowest BCUT2D eigenvalue weighted by Crippen LogP contribution is -2.46. The number of hydrogen-bond acceptors (Lipinski definition) is 4. The van der Waals surface area contributed by atoms with Gasteiger partial charge in [0.2, 0.25) is 0 Å². The Morgan fingerprint density at radius 2 is 1.92 bits per heavy atom. The van der Waals surface area contributed by atoms with Crippen LogP contribution < -0.4 is 5.48 Å². The van der Waals surface area contributed by atoms with E-state index in [1.165, 1.54) is 0 Å². The molecule has 0 saturated carbocycles. The molecule has 26 heavy (non-hydrogen) atoms. The molecule has 2 aromatic rings. The predicted molar refractivity (Wildman–Crippen MR) is 104 cm³/mol. The summed E-state index contributed by atoms with van der Waals surface area (Å²) in [5, 5.41) is 0. The minimum atomic E-state index is -0.582. The molecule has 4 rings (SSSR count). The maximum absolute atomic E-state index is 12.7. The molecule has 2 aliphatic rings. The second-order valence-corrected chi connectivity index (χ2v) is 7.69. The van der Waals surface area contributed by atoms with Crippen molar-refractivity contribution in [3.05, 3.63) is 69.7 Å². The number of nitrogens with zero attached hydrogens (tertiary/aromatic N) is 2. The third-order valence-electron chi connectivity index (χ3n) is 4.88. The molecule has 0 unspecified atom stereocenters. The average Bonchev–Trinajstić information content (AvgIpc) is 3.06. The SMILES string of the molecule is Cc1ccc(C(=O)N2CCC3(CC2)N=C(c2cccc(Br)c2)NO3)cc1. The molecular formula is C20H20BrN3O2. The van der Waals surface area contributed by atoms with Crippen LogP contribution in [0.1, 0.15) is 34.3 Å². The molecule has 134 valence electrons. The zero-order valence-corrected chi connectivity index (χ0v) is 16.1. The fraction of sp³-hybridized carbons (Fsp3) is 0.300. The second kappa shape index (κ2) is 6.85. The first-order valence-electron chi connectivity index (χ1n) is 8.70. The molecule has 0 aromatic heterocycles. The quantitative estimate of drug-likeness (QED) is 0.816. The highest BCUT2D eigenvalue weighted by atomic mass is 79.9. The smallest absolute Gasteiger partial charge is 0.253 e. The number of aryl methyl sites for hydroxylation is 1. The molecule has 1 spiro atoms. The molecule has 0 bridgehead atoms. The van der Waals surface area contributed by atoms with Gasteiger partial charge in [0.05, 0.1) is 0 Å². The van der Waals surface area contributed by atoms with E-state index in [0.717, 1.165) is 27.0 Å². The van der Waals surface area contributed by atoms with Crippen LogP contribution in [-0.2, 0) is 4.84 Å². The van der Waals surface area contributed by atoms with Gasteiger partial charge in [-0.05, 0) is 31.2 Å². The number of likely N-dealkylation sites (tertiary alicyclic amines) is 1. The van der Waals surface area contributed by atoms with Crippen LogP contribution >= 0.6 is 15.9 Å². The number of hydrogen-bond donors (Lipinski definition) is 1. The van der Waals surface area contributed by atoms with E-state index >= 15 is 0 Å². The van der Waals surface area contributed by atoms with Crippen LogP contribution in [0.3, 0.4) is 0 Å². The van der Waals surface area contributed by atoms with E-state index in [1.54, 1.807) is 0 Å². The van der Waals surface area contributed by atoms with Crippen molar-refractivity contribution in [1.82, 2.24) is 10.4 Å². The van der Waals surface area contributed by atoms with E-state index in [2.05, 4.69) is 21.4 Å². The summed E-state index contributed by atoms with van der Waals surface area (Å²) in [6.45, 7) is 3.28. The first-order chi connectivity index (χ1) is 12.5. The van der Waals surface area contributed by atoms with Gasteiger partial charge in [0.15, 0.2) is 11.6 Å². The zero-order valence-electron chi connectivity index (χ0n) is 14.5. The van der Waals surface area contributed by atoms with Crippen LogP contribution in [-0.4, -0.2) is 35.5 Å². The number of carbonyl (C=O) groups is 1. The molecule has 0 radical (unpaired) electrons. The number of amidine groups is 1. The summed E-state index contributed by atoms with van der Waals surface area (Å²) in [5.74, 6) is 0.812. The maximum atomic E-state index is 12.7. The fourth-order valence-electron chi connectivity index (χ4n) is 3.30. The molecule has 1 fully saturated rings. The molecule has 2 aromatic carbocycles. The predicted octanol–water partition coefficient (Wildman–Crippen LogP) is 3.67. The van der Waals surface area contributed by atoms with Gasteiger partial charge in [0.25, 0.3) is 5.91 Å². The average molecular weight is 414 g/mol. The van der Waals surface area contributed by atoms with E-state index in [-0.39, 0.29) is 5.91 Å². The van der Waals surface area contributed by atoms with Gasteiger partial charge in [-0.1, -0.05) is 45.8 Å². The molecule has 1 N–H and O–H groups in total. The van der Waals surface area contributed by atoms with Gasteiger partial charge in [-0.25, -0.2) is 15.3 Å². The van der Waals surface area contributed by atoms with E-state index in [0.29, 0.717) is 25.9 Å². The van der Waals surface area contributed by atoms with Crippen molar-refractivity contribution < 1.29 is 9.63 Å². The Hall–Kier alpha value is -2.18. The fourth-order valence-corrected chi connectivity index (χ4v) is 3.70. The van der Waals surface area contributed by atoms with Gasteiger partial charge in [-0.15, -0.1) is 0 Å². The number of hydroxylamine groups is 1. The van der Waals surface area contributed by atoms with Gasteiger partial charge in [-0.2, -0.15) is 0 Å². The van der Waals surface area contributed by atoms with E-state index in [9.17, 15) is 4.79 Å². The van der Waals surface area contributed by atoms with Gasteiger partial charge in [0, 0.05) is 41.5 Å². The van der Waals surface area contributed by atoms with E-state index in [4.69, 9.17) is 9.83 Å². The number of amides is 1. The van der Waals surface area contributed by atoms with Gasteiger partial charge in [-0.3, -0.25) is 4.79 Å². The number of nitrogens with one attached hydrogen (secondary N) is 1. The maximum Gasteiger partial charge on any atom is 0.253 e. The van der Waals surface area contributed by atoms with Gasteiger partial charge >= 0.3 is 0 Å². The molecule has 2 aliphatic heterocycles. The summed E-state index contributed by atoms with van der Waals surface area (Å²) in [6.07, 6.45) is 1.35. The van der Waals surface area contributed by atoms with E-state index in [1.807, 2.05) is 60.4 Å². The third kappa shape index (κ3) is 3.39. The lowest BCUT2D eigenvalue weighted by atomic mass is 10.00. The van der Waals surface area contributed by atoms with Crippen LogP contribution in [0.25, 0.3) is 0 Å². The lowest BCUT2D eigenvalue weighted by molar-refractivity contribution is -0.0849. The molecule has 6 heteroatoms. The van der Waals surface area contributed by atoms with Crippen molar-refractivity contribution in [2.24, 2.45) is 4.99 Å². The third-order valence-corrected chi connectivity index (χ3v) is 5.38.